The third kappa shape index (κ3) is 13.7. The van der Waals surface area contributed by atoms with Crippen LogP contribution in [0.25, 0.3) is 0 Å². The van der Waals surface area contributed by atoms with Gasteiger partial charge in [-0.3, -0.25) is 4.79 Å². The molecule has 2 amide bonds. The van der Waals surface area contributed by atoms with Gasteiger partial charge in [0.2, 0.25) is 0 Å². The first-order chi connectivity index (χ1) is 26.6. The molecular weight excluding hydrogens is 720 g/mol. The quantitative estimate of drug-likeness (QED) is 0.0226. The lowest BCUT2D eigenvalue weighted by molar-refractivity contribution is -0.141. The van der Waals surface area contributed by atoms with Crippen molar-refractivity contribution >= 4 is 30.1 Å². The molecule has 0 heterocycles. The lowest BCUT2D eigenvalue weighted by Crippen LogP contribution is -2.30. The van der Waals surface area contributed by atoms with Gasteiger partial charge in [0.25, 0.3) is 0 Å². The minimum absolute atomic E-state index is 0.0428. The average molecular weight is 769 g/mol. The van der Waals surface area contributed by atoms with Crippen molar-refractivity contribution < 1.29 is 52.4 Å². The highest BCUT2D eigenvalue weighted by Gasteiger charge is 2.32. The van der Waals surface area contributed by atoms with Crippen LogP contribution in [0.2, 0.25) is 0 Å². The highest BCUT2D eigenvalue weighted by Crippen LogP contribution is 2.40. The molecule has 1 atom stereocenters. The van der Waals surface area contributed by atoms with Crippen molar-refractivity contribution in [1.29, 1.82) is 0 Å². The number of esters is 3. The fourth-order valence-electron chi connectivity index (χ4n) is 4.91. The molecule has 3 rings (SSSR count). The minimum atomic E-state index is -0.812. The van der Waals surface area contributed by atoms with Crippen LogP contribution in [0.4, 0.5) is 9.59 Å². The first kappa shape index (κ1) is 43.8. The van der Waals surface area contributed by atoms with Crippen molar-refractivity contribution in [3.05, 3.63) is 138 Å². The van der Waals surface area contributed by atoms with E-state index in [2.05, 4.69) is 36.9 Å². The van der Waals surface area contributed by atoms with E-state index in [1.54, 1.807) is 50.2 Å². The number of carbonyl (C=O) groups is 5. The molecule has 296 valence electrons. The lowest BCUT2D eigenvalue weighted by Gasteiger charge is -2.32. The number of hydrogen-bond acceptors (Lipinski definition) is 11. The van der Waals surface area contributed by atoms with Crippen molar-refractivity contribution in [3.63, 3.8) is 0 Å². The van der Waals surface area contributed by atoms with E-state index in [9.17, 15) is 24.0 Å². The normalized spacial score (nSPS) is 11.4. The van der Waals surface area contributed by atoms with Crippen LogP contribution in [-0.4, -0.2) is 63.0 Å². The number of amides is 2. The summed E-state index contributed by atoms with van der Waals surface area (Å²) in [5.74, 6) is -0.210. The predicted molar refractivity (Wildman–Crippen MR) is 209 cm³/mol. The molecule has 0 aliphatic carbocycles. The van der Waals surface area contributed by atoms with Gasteiger partial charge in [-0.15, -0.1) is 0 Å². The zero-order valence-electron chi connectivity index (χ0n) is 32.2. The van der Waals surface area contributed by atoms with Gasteiger partial charge >= 0.3 is 30.1 Å². The zero-order chi connectivity index (χ0) is 41.3. The molecule has 1 unspecified atom stereocenters. The molecule has 0 radical (unpaired) electrons. The van der Waals surface area contributed by atoms with E-state index >= 15 is 0 Å². The molecule has 0 aliphatic heterocycles. The molecule has 0 saturated carbocycles. The second kappa shape index (κ2) is 21.3. The van der Waals surface area contributed by atoms with Crippen molar-refractivity contribution in [3.8, 4) is 17.2 Å². The van der Waals surface area contributed by atoms with Gasteiger partial charge in [0.15, 0.2) is 0 Å². The van der Waals surface area contributed by atoms with E-state index in [0.29, 0.717) is 29.3 Å². The Morgan fingerprint density at radius 2 is 0.911 bits per heavy atom. The van der Waals surface area contributed by atoms with E-state index in [-0.39, 0.29) is 56.2 Å². The van der Waals surface area contributed by atoms with Gasteiger partial charge in [0.1, 0.15) is 36.2 Å². The molecule has 3 aromatic carbocycles. The number of ether oxygens (including phenoxy) is 6. The van der Waals surface area contributed by atoms with E-state index in [4.69, 9.17) is 28.4 Å². The molecule has 0 bridgehead atoms. The molecule has 0 spiro atoms. The van der Waals surface area contributed by atoms with Gasteiger partial charge < -0.3 is 39.1 Å². The second-order valence-corrected chi connectivity index (χ2v) is 12.8. The van der Waals surface area contributed by atoms with Crippen LogP contribution in [0.1, 0.15) is 57.2 Å². The van der Waals surface area contributed by atoms with Crippen molar-refractivity contribution in [2.45, 2.75) is 46.0 Å². The fourth-order valence-corrected chi connectivity index (χ4v) is 4.91. The van der Waals surface area contributed by atoms with Crippen molar-refractivity contribution in [2.24, 2.45) is 0 Å². The molecule has 56 heavy (non-hydrogen) atoms. The van der Waals surface area contributed by atoms with Crippen LogP contribution in [0.15, 0.2) is 122 Å². The van der Waals surface area contributed by atoms with Crippen LogP contribution in [0.5, 0.6) is 17.2 Å². The summed E-state index contributed by atoms with van der Waals surface area (Å²) in [6.45, 7) is 21.8. The third-order valence-corrected chi connectivity index (χ3v) is 8.13. The fraction of sp³-hybridized carbons (Fsp3) is 0.279. The SMILES string of the molecule is C=C(C)C(=C)OCCNC(=O)Oc1ccc(C(C)(c2ccc(OC(=O)CCCOC(=O)C(=C)C)cc2)c2ccc(OC(=O)NCCOC(=O)C(=C)C)cc2)cc1. The van der Waals surface area contributed by atoms with E-state index in [1.165, 1.54) is 6.92 Å². The molecule has 0 saturated heterocycles. The summed E-state index contributed by atoms with van der Waals surface area (Å²) in [5, 5.41) is 5.15. The highest BCUT2D eigenvalue weighted by molar-refractivity contribution is 5.87. The Labute approximate surface area is 326 Å². The largest absolute Gasteiger partial charge is 0.492 e. The number of allylic oxidation sites excluding steroid dienone is 1. The molecule has 13 heteroatoms. The van der Waals surface area contributed by atoms with Gasteiger partial charge in [0.05, 0.1) is 19.7 Å². The molecule has 2 N–H and O–H groups in total. The number of carbonyl (C=O) groups excluding carboxylic acids is 5. The number of benzene rings is 3. The summed E-state index contributed by atoms with van der Waals surface area (Å²) < 4.78 is 31.8. The first-order valence-corrected chi connectivity index (χ1v) is 17.7. The average Bonchev–Trinajstić information content (AvgIpc) is 3.16. The maximum atomic E-state index is 12.5. The Morgan fingerprint density at radius 3 is 1.30 bits per heavy atom. The molecule has 0 aliphatic rings. The first-order valence-electron chi connectivity index (χ1n) is 17.7. The van der Waals surface area contributed by atoms with Crippen LogP contribution < -0.4 is 24.8 Å². The Balaban J connectivity index is 1.76. The van der Waals surface area contributed by atoms with E-state index in [1.807, 2.05) is 43.3 Å². The highest BCUT2D eigenvalue weighted by atomic mass is 16.6. The monoisotopic (exact) mass is 768 g/mol. The number of rotatable bonds is 20. The number of hydrogen-bond donors (Lipinski definition) is 2. The summed E-state index contributed by atoms with van der Waals surface area (Å²) >= 11 is 0. The Hall–Kier alpha value is -6.63. The van der Waals surface area contributed by atoms with Crippen LogP contribution in [0.3, 0.4) is 0 Å². The molecule has 0 aromatic heterocycles. The standard InChI is InChI=1S/C43H48N2O11/c1-28(2)31(7)51-26-23-44-41(49)55-36-19-13-33(14-20-36)43(8,32-11-17-35(18-12-32)54-38(46)10-9-25-52-39(47)29(3)4)34-15-21-37(22-16-34)56-42(50)45-24-27-53-40(48)30(5)6/h11-22H,1,3,5,7,9-10,23-27H2,2,4,6,8H3,(H,44,49)(H,45,50). The van der Waals surface area contributed by atoms with Crippen LogP contribution >= 0.6 is 0 Å². The van der Waals surface area contributed by atoms with Crippen molar-refractivity contribution in [2.75, 3.05) is 32.9 Å². The summed E-state index contributed by atoms with van der Waals surface area (Å²) in [6.07, 6.45) is -1.05. The summed E-state index contributed by atoms with van der Waals surface area (Å²) in [5.41, 5.74) is 2.86. The van der Waals surface area contributed by atoms with Gasteiger partial charge in [0, 0.05) is 23.0 Å². The number of nitrogens with one attached hydrogen (secondary N) is 2. The van der Waals surface area contributed by atoms with Crippen molar-refractivity contribution in [1.82, 2.24) is 10.6 Å². The topological polar surface area (TPSA) is 165 Å². The Bertz CT molecular complexity index is 1690. The predicted octanol–water partition coefficient (Wildman–Crippen LogP) is 7.25. The van der Waals surface area contributed by atoms with E-state index in [0.717, 1.165) is 16.7 Å². The Kier molecular flexibility index (Phi) is 16.7. The minimum Gasteiger partial charge on any atom is -0.492 e. The van der Waals surface area contributed by atoms with Gasteiger partial charge in [-0.2, -0.15) is 0 Å². The summed E-state index contributed by atoms with van der Waals surface area (Å²) in [4.78, 5) is 60.4. The van der Waals surface area contributed by atoms with Gasteiger partial charge in [-0.05, 0) is 92.8 Å². The molecular formula is C43H48N2O11. The van der Waals surface area contributed by atoms with Gasteiger partial charge in [-0.25, -0.2) is 19.2 Å². The third-order valence-electron chi connectivity index (χ3n) is 8.13. The summed E-state index contributed by atoms with van der Waals surface area (Å²) in [7, 11) is 0. The van der Waals surface area contributed by atoms with E-state index < -0.39 is 35.5 Å². The second-order valence-electron chi connectivity index (χ2n) is 12.8. The lowest BCUT2D eigenvalue weighted by atomic mass is 9.71. The van der Waals surface area contributed by atoms with Gasteiger partial charge in [-0.1, -0.05) is 62.7 Å². The summed E-state index contributed by atoms with van der Waals surface area (Å²) in [6, 6.07) is 20.9. The Morgan fingerprint density at radius 1 is 0.536 bits per heavy atom. The van der Waals surface area contributed by atoms with Crippen LogP contribution in [0, 0.1) is 0 Å². The molecule has 3 aromatic rings. The smallest absolute Gasteiger partial charge is 0.412 e. The maximum Gasteiger partial charge on any atom is 0.412 e. The molecule has 13 nitrogen and oxygen atoms in total. The maximum absolute atomic E-state index is 12.5. The zero-order valence-corrected chi connectivity index (χ0v) is 32.2. The van der Waals surface area contributed by atoms with Crippen LogP contribution in [-0.2, 0) is 34.0 Å². The molecule has 0 fully saturated rings.